The van der Waals surface area contributed by atoms with Gasteiger partial charge in [0, 0.05) is 12.8 Å². The molecule has 0 aromatic heterocycles. The summed E-state index contributed by atoms with van der Waals surface area (Å²) in [4.78, 5) is 34.5. The Morgan fingerprint density at radius 3 is 2.33 bits per heavy atom. The zero-order valence-electron chi connectivity index (χ0n) is 11.0. The maximum absolute atomic E-state index is 11.6. The largest absolute Gasteiger partial charge is 0.431 e. The molecule has 0 spiro atoms. The number of allylic oxidation sites excluding steroid dienone is 3. The number of rotatable bonds is 6. The van der Waals surface area contributed by atoms with E-state index in [1.807, 2.05) is 12.2 Å². The molecule has 1 aliphatic rings. The van der Waals surface area contributed by atoms with E-state index in [1.54, 1.807) is 13.0 Å². The quantitative estimate of drug-likeness (QED) is 0.536. The van der Waals surface area contributed by atoms with Crippen LogP contribution < -0.4 is 0 Å². The van der Waals surface area contributed by atoms with Crippen LogP contribution in [0.2, 0.25) is 0 Å². The predicted molar refractivity (Wildman–Crippen MR) is 66.6 cm³/mol. The van der Waals surface area contributed by atoms with E-state index in [0.717, 1.165) is 0 Å². The average molecular weight is 250 g/mol. The van der Waals surface area contributed by atoms with Crippen molar-refractivity contribution >= 4 is 17.5 Å². The molecule has 18 heavy (non-hydrogen) atoms. The number of hydrogen-bond acceptors (Lipinski definition) is 4. The fourth-order valence-electron chi connectivity index (χ4n) is 1.65. The van der Waals surface area contributed by atoms with Gasteiger partial charge in [-0.25, -0.2) is 0 Å². The van der Waals surface area contributed by atoms with Crippen molar-refractivity contribution in [2.45, 2.75) is 40.0 Å². The standard InChI is InChI=1S/C14H18O4/c1-10(15)14(3,11(2)16)9-8-13(17)18-12-6-4-5-7-12/h4-6H,7-9H2,1-3H3. The van der Waals surface area contributed by atoms with Crippen molar-refractivity contribution in [1.29, 1.82) is 0 Å². The molecule has 0 radical (unpaired) electrons. The first-order valence-corrected chi connectivity index (χ1v) is 5.94. The molecule has 1 aliphatic carbocycles. The van der Waals surface area contributed by atoms with Crippen molar-refractivity contribution in [3.63, 3.8) is 0 Å². The Balaban J connectivity index is 2.50. The van der Waals surface area contributed by atoms with Crippen LogP contribution in [-0.4, -0.2) is 17.5 Å². The summed E-state index contributed by atoms with van der Waals surface area (Å²) in [5.41, 5.74) is -1.08. The summed E-state index contributed by atoms with van der Waals surface area (Å²) < 4.78 is 5.10. The molecule has 0 heterocycles. The van der Waals surface area contributed by atoms with Crippen LogP contribution in [0.1, 0.15) is 40.0 Å². The lowest BCUT2D eigenvalue weighted by atomic mass is 9.78. The zero-order valence-corrected chi connectivity index (χ0v) is 11.0. The molecule has 1 rings (SSSR count). The van der Waals surface area contributed by atoms with Crippen LogP contribution in [0.15, 0.2) is 24.0 Å². The third-order valence-electron chi connectivity index (χ3n) is 3.37. The smallest absolute Gasteiger partial charge is 0.310 e. The summed E-state index contributed by atoms with van der Waals surface area (Å²) in [5, 5.41) is 0. The van der Waals surface area contributed by atoms with Crippen molar-refractivity contribution < 1.29 is 19.1 Å². The van der Waals surface area contributed by atoms with E-state index in [4.69, 9.17) is 4.74 Å². The summed E-state index contributed by atoms with van der Waals surface area (Å²) in [6, 6.07) is 0. The van der Waals surface area contributed by atoms with E-state index in [0.29, 0.717) is 12.2 Å². The van der Waals surface area contributed by atoms with Gasteiger partial charge in [-0.05, 0) is 33.3 Å². The van der Waals surface area contributed by atoms with E-state index in [9.17, 15) is 14.4 Å². The van der Waals surface area contributed by atoms with Gasteiger partial charge in [0.1, 0.15) is 17.3 Å². The van der Waals surface area contributed by atoms with Gasteiger partial charge in [-0.3, -0.25) is 14.4 Å². The van der Waals surface area contributed by atoms with Gasteiger partial charge < -0.3 is 4.74 Å². The normalized spacial score (nSPS) is 14.3. The first kappa shape index (κ1) is 14.4. The highest BCUT2D eigenvalue weighted by Gasteiger charge is 2.35. The molecule has 0 saturated heterocycles. The van der Waals surface area contributed by atoms with Crippen LogP contribution in [-0.2, 0) is 19.1 Å². The molecule has 0 saturated carbocycles. The lowest BCUT2D eigenvalue weighted by Crippen LogP contribution is -2.34. The minimum Gasteiger partial charge on any atom is -0.431 e. The van der Waals surface area contributed by atoms with Gasteiger partial charge in [-0.1, -0.05) is 12.2 Å². The Hall–Kier alpha value is -1.71. The first-order chi connectivity index (χ1) is 8.36. The molecule has 0 aromatic rings. The van der Waals surface area contributed by atoms with Gasteiger partial charge in [0.05, 0.1) is 5.41 Å². The Kier molecular flexibility index (Phi) is 4.59. The van der Waals surface area contributed by atoms with Gasteiger partial charge in [0.25, 0.3) is 0 Å². The lowest BCUT2D eigenvalue weighted by Gasteiger charge is -2.22. The number of carbonyl (C=O) groups excluding carboxylic acids is 3. The van der Waals surface area contributed by atoms with E-state index >= 15 is 0 Å². The van der Waals surface area contributed by atoms with E-state index in [1.165, 1.54) is 13.8 Å². The highest BCUT2D eigenvalue weighted by molar-refractivity contribution is 6.04. The highest BCUT2D eigenvalue weighted by Crippen LogP contribution is 2.26. The lowest BCUT2D eigenvalue weighted by molar-refractivity contribution is -0.142. The number of carbonyl (C=O) groups is 3. The summed E-state index contributed by atoms with van der Waals surface area (Å²) in [5.74, 6) is -0.236. The Morgan fingerprint density at radius 2 is 1.89 bits per heavy atom. The number of ketones is 2. The highest BCUT2D eigenvalue weighted by atomic mass is 16.5. The molecule has 0 N–H and O–H groups in total. The van der Waals surface area contributed by atoms with Gasteiger partial charge in [0.2, 0.25) is 0 Å². The van der Waals surface area contributed by atoms with Crippen molar-refractivity contribution in [2.24, 2.45) is 5.41 Å². The molecule has 0 amide bonds. The maximum Gasteiger partial charge on any atom is 0.310 e. The summed E-state index contributed by atoms with van der Waals surface area (Å²) in [7, 11) is 0. The molecule has 0 bridgehead atoms. The second-order valence-electron chi connectivity index (χ2n) is 4.68. The summed E-state index contributed by atoms with van der Waals surface area (Å²) >= 11 is 0. The Morgan fingerprint density at radius 1 is 1.28 bits per heavy atom. The third kappa shape index (κ3) is 3.39. The average Bonchev–Trinajstić information content (AvgIpc) is 2.77. The fourth-order valence-corrected chi connectivity index (χ4v) is 1.65. The molecular formula is C14H18O4. The third-order valence-corrected chi connectivity index (χ3v) is 3.37. The van der Waals surface area contributed by atoms with Crippen LogP contribution >= 0.6 is 0 Å². The molecule has 0 unspecified atom stereocenters. The number of Topliss-reactive ketones (excluding diaryl/α,β-unsaturated/α-hetero) is 2. The summed E-state index contributed by atoms with van der Waals surface area (Å²) in [6.45, 7) is 4.31. The first-order valence-electron chi connectivity index (χ1n) is 5.94. The fraction of sp³-hybridized carbons (Fsp3) is 0.500. The predicted octanol–water partition coefficient (Wildman–Crippen LogP) is 2.34. The SMILES string of the molecule is CC(=O)C(C)(CCC(=O)OC1=CC=CC1)C(C)=O. The van der Waals surface area contributed by atoms with E-state index in [-0.39, 0.29) is 24.4 Å². The van der Waals surface area contributed by atoms with Gasteiger partial charge >= 0.3 is 5.97 Å². The molecule has 4 heteroatoms. The topological polar surface area (TPSA) is 60.4 Å². The van der Waals surface area contributed by atoms with Crippen LogP contribution in [0.3, 0.4) is 0 Å². The second-order valence-corrected chi connectivity index (χ2v) is 4.68. The van der Waals surface area contributed by atoms with E-state index in [2.05, 4.69) is 0 Å². The van der Waals surface area contributed by atoms with Gasteiger partial charge in [-0.15, -0.1) is 0 Å². The number of ether oxygens (including phenoxy) is 1. The molecule has 0 fully saturated rings. The Labute approximate surface area is 107 Å². The zero-order chi connectivity index (χ0) is 13.8. The molecular weight excluding hydrogens is 232 g/mol. The van der Waals surface area contributed by atoms with Crippen molar-refractivity contribution in [2.75, 3.05) is 0 Å². The number of esters is 1. The maximum atomic E-state index is 11.6. The van der Waals surface area contributed by atoms with Crippen LogP contribution in [0.25, 0.3) is 0 Å². The number of hydrogen-bond donors (Lipinski definition) is 0. The molecule has 0 aromatic carbocycles. The van der Waals surface area contributed by atoms with Gasteiger partial charge in [0.15, 0.2) is 0 Å². The molecule has 4 nitrogen and oxygen atoms in total. The minimum absolute atomic E-state index is 0.0625. The monoisotopic (exact) mass is 250 g/mol. The minimum atomic E-state index is -1.08. The van der Waals surface area contributed by atoms with E-state index < -0.39 is 11.4 Å². The van der Waals surface area contributed by atoms with Crippen LogP contribution in [0.5, 0.6) is 0 Å². The molecule has 0 aliphatic heterocycles. The van der Waals surface area contributed by atoms with Crippen molar-refractivity contribution in [3.8, 4) is 0 Å². The Bertz CT molecular complexity index is 415. The molecule has 98 valence electrons. The second kappa shape index (κ2) is 5.76. The van der Waals surface area contributed by atoms with Crippen LogP contribution in [0.4, 0.5) is 0 Å². The molecule has 0 atom stereocenters. The van der Waals surface area contributed by atoms with Crippen molar-refractivity contribution in [3.05, 3.63) is 24.0 Å². The van der Waals surface area contributed by atoms with Gasteiger partial charge in [-0.2, -0.15) is 0 Å². The summed E-state index contributed by atoms with van der Waals surface area (Å²) in [6.07, 6.45) is 6.30. The van der Waals surface area contributed by atoms with Crippen molar-refractivity contribution in [1.82, 2.24) is 0 Å². The van der Waals surface area contributed by atoms with Crippen LogP contribution in [0, 0.1) is 5.41 Å².